The highest BCUT2D eigenvalue weighted by atomic mass is 16.5. The van der Waals surface area contributed by atoms with Gasteiger partial charge in [0.05, 0.1) is 12.7 Å². The largest absolute Gasteiger partial charge is 0.481 e. The van der Waals surface area contributed by atoms with Crippen LogP contribution in [-0.2, 0) is 0 Å². The molecule has 1 aliphatic rings. The van der Waals surface area contributed by atoms with Gasteiger partial charge in [0.1, 0.15) is 0 Å². The van der Waals surface area contributed by atoms with E-state index in [1.54, 1.807) is 19.2 Å². The number of hydrogen-bond donors (Lipinski definition) is 1. The van der Waals surface area contributed by atoms with Gasteiger partial charge in [-0.05, 0) is 38.2 Å². The summed E-state index contributed by atoms with van der Waals surface area (Å²) in [6.07, 6.45) is 9.75. The highest BCUT2D eigenvalue weighted by Gasteiger charge is 2.07. The quantitative estimate of drug-likeness (QED) is 0.828. The molecule has 2 rings (SSSR count). The van der Waals surface area contributed by atoms with Crippen LogP contribution in [0.3, 0.4) is 0 Å². The molecule has 0 aliphatic heterocycles. The fraction of sp³-hybridized carbons (Fsp3) is 0.467. The number of nitrogens with one attached hydrogen (secondary N) is 1. The van der Waals surface area contributed by atoms with Crippen molar-refractivity contribution in [2.24, 2.45) is 0 Å². The Balaban J connectivity index is 1.78. The minimum atomic E-state index is -0.0773. The summed E-state index contributed by atoms with van der Waals surface area (Å²) in [5.74, 6) is 0.440. The smallest absolute Gasteiger partial charge is 0.252 e. The van der Waals surface area contributed by atoms with Crippen LogP contribution in [0.4, 0.5) is 0 Å². The minimum Gasteiger partial charge on any atom is -0.481 e. The fourth-order valence-corrected chi connectivity index (χ4v) is 2.21. The van der Waals surface area contributed by atoms with Gasteiger partial charge >= 0.3 is 0 Å². The fourth-order valence-electron chi connectivity index (χ4n) is 2.21. The van der Waals surface area contributed by atoms with Crippen LogP contribution in [0.2, 0.25) is 0 Å². The van der Waals surface area contributed by atoms with E-state index in [4.69, 9.17) is 4.74 Å². The van der Waals surface area contributed by atoms with Gasteiger partial charge in [-0.25, -0.2) is 4.98 Å². The standard InChI is InChI=1S/C15H20N2O2/c1-19-14-8-7-13(11-17-14)15(18)16-10-9-12-5-3-2-4-6-12/h5,7-8,11H,2-4,6,9-10H2,1H3,(H,16,18). The van der Waals surface area contributed by atoms with Crippen LogP contribution in [-0.4, -0.2) is 24.5 Å². The van der Waals surface area contributed by atoms with E-state index in [2.05, 4.69) is 16.4 Å². The summed E-state index contributed by atoms with van der Waals surface area (Å²) < 4.78 is 4.96. The van der Waals surface area contributed by atoms with Crippen molar-refractivity contribution in [3.63, 3.8) is 0 Å². The van der Waals surface area contributed by atoms with Crippen LogP contribution in [0.15, 0.2) is 30.0 Å². The van der Waals surface area contributed by atoms with Gasteiger partial charge in [-0.2, -0.15) is 0 Å². The molecule has 19 heavy (non-hydrogen) atoms. The van der Waals surface area contributed by atoms with Gasteiger partial charge < -0.3 is 10.1 Å². The van der Waals surface area contributed by atoms with Gasteiger partial charge in [0.15, 0.2) is 0 Å². The first-order chi connectivity index (χ1) is 9.29. The van der Waals surface area contributed by atoms with Crippen molar-refractivity contribution in [1.29, 1.82) is 0 Å². The predicted molar refractivity (Wildman–Crippen MR) is 74.3 cm³/mol. The molecule has 0 unspecified atom stereocenters. The number of amides is 1. The molecule has 1 aromatic heterocycles. The lowest BCUT2D eigenvalue weighted by molar-refractivity contribution is 0.0953. The Morgan fingerprint density at radius 1 is 1.42 bits per heavy atom. The van der Waals surface area contributed by atoms with Crippen molar-refractivity contribution < 1.29 is 9.53 Å². The number of hydrogen-bond acceptors (Lipinski definition) is 3. The van der Waals surface area contributed by atoms with E-state index in [-0.39, 0.29) is 5.91 Å². The molecule has 0 aromatic carbocycles. The zero-order valence-electron chi connectivity index (χ0n) is 11.3. The number of pyridine rings is 1. The molecule has 1 N–H and O–H groups in total. The predicted octanol–water partition coefficient (Wildman–Crippen LogP) is 2.71. The van der Waals surface area contributed by atoms with Crippen LogP contribution in [0, 0.1) is 0 Å². The molecule has 102 valence electrons. The van der Waals surface area contributed by atoms with Gasteiger partial charge in [0.2, 0.25) is 5.88 Å². The molecule has 0 radical (unpaired) electrons. The molecule has 1 aliphatic carbocycles. The van der Waals surface area contributed by atoms with E-state index in [1.807, 2.05) is 0 Å². The Morgan fingerprint density at radius 2 is 2.32 bits per heavy atom. The maximum atomic E-state index is 11.9. The molecule has 0 saturated heterocycles. The van der Waals surface area contributed by atoms with Crippen molar-refractivity contribution in [2.75, 3.05) is 13.7 Å². The zero-order valence-corrected chi connectivity index (χ0v) is 11.3. The van der Waals surface area contributed by atoms with Crippen molar-refractivity contribution in [3.05, 3.63) is 35.5 Å². The number of carbonyl (C=O) groups is 1. The highest BCUT2D eigenvalue weighted by Crippen LogP contribution is 2.19. The molecule has 0 bridgehead atoms. The van der Waals surface area contributed by atoms with Crippen LogP contribution >= 0.6 is 0 Å². The number of carbonyl (C=O) groups excluding carboxylic acids is 1. The number of nitrogens with zero attached hydrogens (tertiary/aromatic N) is 1. The van der Waals surface area contributed by atoms with E-state index in [0.29, 0.717) is 18.0 Å². The molecule has 1 amide bonds. The number of ether oxygens (including phenoxy) is 1. The van der Waals surface area contributed by atoms with E-state index < -0.39 is 0 Å². The lowest BCUT2D eigenvalue weighted by Gasteiger charge is -2.12. The first-order valence-electron chi connectivity index (χ1n) is 6.76. The average Bonchev–Trinajstić information content (AvgIpc) is 2.48. The van der Waals surface area contributed by atoms with Crippen molar-refractivity contribution in [3.8, 4) is 5.88 Å². The van der Waals surface area contributed by atoms with Gasteiger partial charge in [-0.15, -0.1) is 0 Å². The van der Waals surface area contributed by atoms with Crippen LogP contribution in [0.5, 0.6) is 5.88 Å². The van der Waals surface area contributed by atoms with Crippen LogP contribution in [0.1, 0.15) is 42.5 Å². The van der Waals surface area contributed by atoms with E-state index in [0.717, 1.165) is 6.42 Å². The van der Waals surface area contributed by atoms with E-state index in [1.165, 1.54) is 37.5 Å². The van der Waals surface area contributed by atoms with Gasteiger partial charge in [0.25, 0.3) is 5.91 Å². The van der Waals surface area contributed by atoms with Crippen LogP contribution < -0.4 is 10.1 Å². The highest BCUT2D eigenvalue weighted by molar-refractivity contribution is 5.93. The summed E-state index contributed by atoms with van der Waals surface area (Å²) in [6.45, 7) is 0.691. The molecular weight excluding hydrogens is 240 g/mol. The lowest BCUT2D eigenvalue weighted by Crippen LogP contribution is -2.25. The Bertz CT molecular complexity index is 452. The molecule has 4 heteroatoms. The molecule has 1 aromatic rings. The molecule has 0 saturated carbocycles. The molecule has 0 fully saturated rings. The second kappa shape index (κ2) is 6.92. The Kier molecular flexibility index (Phi) is 4.95. The maximum absolute atomic E-state index is 11.9. The number of methoxy groups -OCH3 is 1. The third kappa shape index (κ3) is 4.09. The van der Waals surface area contributed by atoms with Crippen molar-refractivity contribution in [2.45, 2.75) is 32.1 Å². The van der Waals surface area contributed by atoms with Crippen molar-refractivity contribution in [1.82, 2.24) is 10.3 Å². The molecule has 4 nitrogen and oxygen atoms in total. The number of rotatable bonds is 5. The van der Waals surface area contributed by atoms with E-state index >= 15 is 0 Å². The summed E-state index contributed by atoms with van der Waals surface area (Å²) in [6, 6.07) is 3.42. The lowest BCUT2D eigenvalue weighted by atomic mass is 9.97. The first-order valence-corrected chi connectivity index (χ1v) is 6.76. The number of allylic oxidation sites excluding steroid dienone is 1. The topological polar surface area (TPSA) is 51.2 Å². The van der Waals surface area contributed by atoms with Gasteiger partial charge in [-0.1, -0.05) is 11.6 Å². The summed E-state index contributed by atoms with van der Waals surface area (Å²) >= 11 is 0. The summed E-state index contributed by atoms with van der Waals surface area (Å²) in [5.41, 5.74) is 2.04. The summed E-state index contributed by atoms with van der Waals surface area (Å²) in [5, 5.41) is 2.92. The Labute approximate surface area is 113 Å². The summed E-state index contributed by atoms with van der Waals surface area (Å²) in [7, 11) is 1.56. The Hall–Kier alpha value is -1.84. The third-order valence-corrected chi connectivity index (χ3v) is 3.32. The van der Waals surface area contributed by atoms with Crippen molar-refractivity contribution >= 4 is 5.91 Å². The zero-order chi connectivity index (χ0) is 13.5. The minimum absolute atomic E-state index is 0.0773. The molecule has 1 heterocycles. The van der Waals surface area contributed by atoms with Gasteiger partial charge in [-0.3, -0.25) is 4.79 Å². The Morgan fingerprint density at radius 3 is 2.95 bits per heavy atom. The van der Waals surface area contributed by atoms with Gasteiger partial charge in [0, 0.05) is 18.8 Å². The average molecular weight is 260 g/mol. The molecule has 0 atom stereocenters. The maximum Gasteiger partial charge on any atom is 0.252 e. The monoisotopic (exact) mass is 260 g/mol. The second-order valence-electron chi connectivity index (χ2n) is 4.70. The first kappa shape index (κ1) is 13.6. The number of aromatic nitrogens is 1. The normalized spacial score (nSPS) is 14.7. The van der Waals surface area contributed by atoms with E-state index in [9.17, 15) is 4.79 Å². The second-order valence-corrected chi connectivity index (χ2v) is 4.70. The summed E-state index contributed by atoms with van der Waals surface area (Å²) in [4.78, 5) is 15.9. The third-order valence-electron chi connectivity index (χ3n) is 3.32. The van der Waals surface area contributed by atoms with Crippen LogP contribution in [0.25, 0.3) is 0 Å². The molecular formula is C15H20N2O2. The molecule has 0 spiro atoms. The SMILES string of the molecule is COc1ccc(C(=O)NCCC2=CCCCC2)cn1.